The zero-order valence-electron chi connectivity index (χ0n) is 18.2. The van der Waals surface area contributed by atoms with Gasteiger partial charge in [-0.15, -0.1) is 0 Å². The maximum Gasteiger partial charge on any atom is 0.408 e. The maximum atomic E-state index is 13.2. The summed E-state index contributed by atoms with van der Waals surface area (Å²) in [6.45, 7) is 0.0689. The molecular formula is C21H30N6O6. The highest BCUT2D eigenvalue weighted by atomic mass is 16.5. The van der Waals surface area contributed by atoms with Gasteiger partial charge < -0.3 is 36.8 Å². The van der Waals surface area contributed by atoms with Gasteiger partial charge in [0.2, 0.25) is 11.8 Å². The molecule has 1 aliphatic heterocycles. The summed E-state index contributed by atoms with van der Waals surface area (Å²) in [5, 5.41) is 13.6. The molecule has 1 heterocycles. The van der Waals surface area contributed by atoms with Crippen molar-refractivity contribution in [3.8, 4) is 0 Å². The van der Waals surface area contributed by atoms with Crippen molar-refractivity contribution in [1.29, 1.82) is 0 Å². The first-order valence-electron chi connectivity index (χ1n) is 10.6. The van der Waals surface area contributed by atoms with E-state index >= 15 is 0 Å². The summed E-state index contributed by atoms with van der Waals surface area (Å²) in [5.41, 5.74) is 11.4. The molecule has 0 radical (unpaired) electrons. The lowest BCUT2D eigenvalue weighted by atomic mass is 10.1. The minimum atomic E-state index is -1.18. The van der Waals surface area contributed by atoms with Crippen LogP contribution in [0.4, 0.5) is 4.79 Å². The van der Waals surface area contributed by atoms with Crippen molar-refractivity contribution in [2.75, 3.05) is 19.6 Å². The third-order valence-corrected chi connectivity index (χ3v) is 5.00. The Morgan fingerprint density at radius 1 is 1.21 bits per heavy atom. The van der Waals surface area contributed by atoms with E-state index in [0.29, 0.717) is 25.8 Å². The topological polar surface area (TPSA) is 189 Å². The number of carboxylic acid groups (broad SMARTS) is 1. The van der Waals surface area contributed by atoms with Gasteiger partial charge in [0.25, 0.3) is 0 Å². The van der Waals surface area contributed by atoms with Crippen LogP contribution in [0.25, 0.3) is 0 Å². The largest absolute Gasteiger partial charge is 0.480 e. The second kappa shape index (κ2) is 12.9. The number of nitrogens with zero attached hydrogens (tertiary/aromatic N) is 2. The molecule has 0 bridgehead atoms. The first kappa shape index (κ1) is 25.4. The summed E-state index contributed by atoms with van der Waals surface area (Å²) in [4.78, 5) is 53.9. The fraction of sp³-hybridized carbons (Fsp3) is 0.476. The van der Waals surface area contributed by atoms with E-state index in [-0.39, 0.29) is 25.5 Å². The molecule has 0 aromatic heterocycles. The van der Waals surface area contributed by atoms with Crippen LogP contribution in [0.2, 0.25) is 0 Å². The van der Waals surface area contributed by atoms with Crippen molar-refractivity contribution < 1.29 is 29.0 Å². The number of likely N-dealkylation sites (tertiary alicyclic amines) is 1. The number of ether oxygens (including phenoxy) is 1. The molecule has 2 rings (SSSR count). The Balaban J connectivity index is 2.03. The van der Waals surface area contributed by atoms with E-state index < -0.39 is 42.5 Å². The number of aliphatic imine (C=N–C) groups is 1. The van der Waals surface area contributed by atoms with E-state index in [1.165, 1.54) is 4.90 Å². The molecular weight excluding hydrogens is 432 g/mol. The van der Waals surface area contributed by atoms with Crippen molar-refractivity contribution >= 4 is 29.8 Å². The van der Waals surface area contributed by atoms with Crippen LogP contribution in [-0.2, 0) is 25.7 Å². The van der Waals surface area contributed by atoms with Gasteiger partial charge >= 0.3 is 12.1 Å². The quantitative estimate of drug-likeness (QED) is 0.166. The van der Waals surface area contributed by atoms with Gasteiger partial charge in [0.15, 0.2) is 5.96 Å². The predicted molar refractivity (Wildman–Crippen MR) is 119 cm³/mol. The molecule has 12 nitrogen and oxygen atoms in total. The molecule has 1 aromatic carbocycles. The van der Waals surface area contributed by atoms with E-state index in [0.717, 1.165) is 5.56 Å². The van der Waals surface area contributed by atoms with Crippen LogP contribution in [0.3, 0.4) is 0 Å². The van der Waals surface area contributed by atoms with Gasteiger partial charge in [0.1, 0.15) is 25.2 Å². The number of guanidine groups is 1. The number of hydrogen-bond donors (Lipinski definition) is 5. The number of hydrogen-bond acceptors (Lipinski definition) is 6. The molecule has 1 saturated heterocycles. The molecule has 0 saturated carbocycles. The number of nitrogens with two attached hydrogens (primary N) is 2. The number of carbonyl (C=O) groups is 4. The average molecular weight is 463 g/mol. The fourth-order valence-electron chi connectivity index (χ4n) is 3.45. The highest BCUT2D eigenvalue weighted by Gasteiger charge is 2.37. The van der Waals surface area contributed by atoms with Crippen molar-refractivity contribution in [2.24, 2.45) is 16.5 Å². The van der Waals surface area contributed by atoms with E-state index in [1.54, 1.807) is 12.1 Å². The minimum absolute atomic E-state index is 0.0333. The van der Waals surface area contributed by atoms with Gasteiger partial charge in [-0.25, -0.2) is 4.79 Å². The van der Waals surface area contributed by atoms with Crippen LogP contribution in [0.1, 0.15) is 31.2 Å². The highest BCUT2D eigenvalue weighted by Crippen LogP contribution is 2.20. The number of carboxylic acids is 1. The van der Waals surface area contributed by atoms with Gasteiger partial charge in [0.05, 0.1) is 0 Å². The molecule has 1 aliphatic rings. The molecule has 3 amide bonds. The number of benzene rings is 1. The summed E-state index contributed by atoms with van der Waals surface area (Å²) in [5.74, 6) is -2.26. The Kier molecular flexibility index (Phi) is 9.93. The second-order valence-corrected chi connectivity index (χ2v) is 7.51. The Labute approximate surface area is 191 Å². The molecule has 1 fully saturated rings. The SMILES string of the molecule is NC(N)=NCCC[C@H](NC(=O)OCc1ccccc1)C(=O)N1CCC[C@H]1C(=O)NCC(=O)O. The van der Waals surface area contributed by atoms with E-state index in [1.807, 2.05) is 18.2 Å². The Bertz CT molecular complexity index is 858. The number of alkyl carbamates (subject to hydrolysis) is 1. The Hall–Kier alpha value is -3.83. The van der Waals surface area contributed by atoms with Gasteiger partial charge in [-0.05, 0) is 31.2 Å². The smallest absolute Gasteiger partial charge is 0.408 e. The zero-order chi connectivity index (χ0) is 24.2. The average Bonchev–Trinajstić information content (AvgIpc) is 3.28. The number of rotatable bonds is 11. The van der Waals surface area contributed by atoms with Crippen LogP contribution < -0.4 is 22.1 Å². The fourth-order valence-corrected chi connectivity index (χ4v) is 3.45. The van der Waals surface area contributed by atoms with Crippen LogP contribution in [0.15, 0.2) is 35.3 Å². The number of amides is 3. The third kappa shape index (κ3) is 8.67. The Morgan fingerprint density at radius 2 is 1.94 bits per heavy atom. The molecule has 2 atom stereocenters. The minimum Gasteiger partial charge on any atom is -0.480 e. The standard InChI is InChI=1S/C21H30N6O6/c22-20(23)24-10-4-8-15(26-21(32)33-13-14-6-2-1-3-7-14)19(31)27-11-5-9-16(27)18(30)25-12-17(28)29/h1-3,6-7,15-16H,4-5,8-13H2,(H,25,30)(H,26,32)(H,28,29)(H4,22,23,24)/t15-,16-/m0/s1. The van der Waals surface area contributed by atoms with E-state index in [9.17, 15) is 19.2 Å². The molecule has 7 N–H and O–H groups in total. The number of carbonyl (C=O) groups excluding carboxylic acids is 3. The maximum absolute atomic E-state index is 13.2. The molecule has 0 spiro atoms. The van der Waals surface area contributed by atoms with Gasteiger partial charge in [-0.2, -0.15) is 0 Å². The second-order valence-electron chi connectivity index (χ2n) is 7.51. The first-order valence-corrected chi connectivity index (χ1v) is 10.6. The summed E-state index contributed by atoms with van der Waals surface area (Å²) in [6, 6.07) is 7.30. The summed E-state index contributed by atoms with van der Waals surface area (Å²) in [6.07, 6.45) is 0.824. The molecule has 12 heteroatoms. The Morgan fingerprint density at radius 3 is 2.61 bits per heavy atom. The lowest BCUT2D eigenvalue weighted by Crippen LogP contribution is -2.54. The lowest BCUT2D eigenvalue weighted by Gasteiger charge is -2.28. The number of aliphatic carboxylic acids is 1. The normalized spacial score (nSPS) is 15.9. The molecule has 0 unspecified atom stereocenters. The highest BCUT2D eigenvalue weighted by molar-refractivity contribution is 5.92. The molecule has 0 aliphatic carbocycles. The van der Waals surface area contributed by atoms with Gasteiger partial charge in [-0.3, -0.25) is 19.4 Å². The lowest BCUT2D eigenvalue weighted by molar-refractivity contribution is -0.141. The van der Waals surface area contributed by atoms with Crippen molar-refractivity contribution in [3.63, 3.8) is 0 Å². The third-order valence-electron chi connectivity index (χ3n) is 5.00. The molecule has 180 valence electrons. The van der Waals surface area contributed by atoms with Crippen LogP contribution >= 0.6 is 0 Å². The van der Waals surface area contributed by atoms with Crippen LogP contribution in [-0.4, -0.2) is 71.6 Å². The van der Waals surface area contributed by atoms with Crippen molar-refractivity contribution in [2.45, 2.75) is 44.4 Å². The predicted octanol–water partition coefficient (Wildman–Crippen LogP) is -0.473. The van der Waals surface area contributed by atoms with E-state index in [2.05, 4.69) is 15.6 Å². The van der Waals surface area contributed by atoms with Crippen LogP contribution in [0, 0.1) is 0 Å². The van der Waals surface area contributed by atoms with Crippen molar-refractivity contribution in [3.05, 3.63) is 35.9 Å². The van der Waals surface area contributed by atoms with Gasteiger partial charge in [-0.1, -0.05) is 30.3 Å². The van der Waals surface area contributed by atoms with Gasteiger partial charge in [0, 0.05) is 13.1 Å². The monoisotopic (exact) mass is 462 g/mol. The van der Waals surface area contributed by atoms with Crippen LogP contribution in [0.5, 0.6) is 0 Å². The van der Waals surface area contributed by atoms with E-state index in [4.69, 9.17) is 21.3 Å². The summed E-state index contributed by atoms with van der Waals surface area (Å²) < 4.78 is 5.22. The van der Waals surface area contributed by atoms with Crippen molar-refractivity contribution in [1.82, 2.24) is 15.5 Å². The molecule has 33 heavy (non-hydrogen) atoms. The summed E-state index contributed by atoms with van der Waals surface area (Å²) in [7, 11) is 0. The first-order chi connectivity index (χ1) is 15.8. The zero-order valence-corrected chi connectivity index (χ0v) is 18.2. The summed E-state index contributed by atoms with van der Waals surface area (Å²) >= 11 is 0. The number of nitrogens with one attached hydrogen (secondary N) is 2. The molecule has 1 aromatic rings.